The summed E-state index contributed by atoms with van der Waals surface area (Å²) in [7, 11) is 1.38. The molecule has 0 amide bonds. The molecule has 112 valence electrons. The molecule has 1 aliphatic heterocycles. The molecule has 6 heteroatoms. The fourth-order valence-corrected chi connectivity index (χ4v) is 2.51. The van der Waals surface area contributed by atoms with Gasteiger partial charge in [0.05, 0.1) is 13.2 Å². The molecule has 0 saturated carbocycles. The van der Waals surface area contributed by atoms with Crippen molar-refractivity contribution in [3.63, 3.8) is 0 Å². The number of piperidine rings is 1. The lowest BCUT2D eigenvalue weighted by molar-refractivity contribution is -0.144. The zero-order chi connectivity index (χ0) is 14.7. The Labute approximate surface area is 118 Å². The van der Waals surface area contributed by atoms with Gasteiger partial charge in [-0.3, -0.25) is 4.79 Å². The Morgan fingerprint density at radius 3 is 2.70 bits per heavy atom. The Hall–Kier alpha value is -1.56. The van der Waals surface area contributed by atoms with Gasteiger partial charge in [-0.1, -0.05) is 19.0 Å². The number of hydrogen-bond donors (Lipinski definition) is 1. The van der Waals surface area contributed by atoms with Gasteiger partial charge >= 0.3 is 5.97 Å². The maximum atomic E-state index is 11.8. The van der Waals surface area contributed by atoms with Gasteiger partial charge in [0, 0.05) is 19.2 Å². The molecule has 1 N–H and O–H groups in total. The number of ether oxygens (including phenoxy) is 1. The first kappa shape index (κ1) is 14.8. The molecule has 1 aromatic heterocycles. The smallest absolute Gasteiger partial charge is 0.316 e. The number of aliphatic hydroxyl groups is 1. The zero-order valence-corrected chi connectivity index (χ0v) is 12.2. The van der Waals surface area contributed by atoms with Crippen molar-refractivity contribution in [2.24, 2.45) is 5.92 Å². The van der Waals surface area contributed by atoms with E-state index in [9.17, 15) is 9.90 Å². The molecule has 1 aliphatic rings. The van der Waals surface area contributed by atoms with Crippen LogP contribution in [-0.4, -0.2) is 42.5 Å². The molecule has 1 fully saturated rings. The summed E-state index contributed by atoms with van der Waals surface area (Å²) >= 11 is 0. The predicted octanol–water partition coefficient (Wildman–Crippen LogP) is 1.55. The van der Waals surface area contributed by atoms with Crippen LogP contribution in [0.15, 0.2) is 10.6 Å². The molecule has 20 heavy (non-hydrogen) atoms. The molecule has 1 unspecified atom stereocenters. The third-order valence-electron chi connectivity index (χ3n) is 3.73. The Morgan fingerprint density at radius 1 is 1.50 bits per heavy atom. The Kier molecular flexibility index (Phi) is 4.65. The Balaban J connectivity index is 2.13. The van der Waals surface area contributed by atoms with Gasteiger partial charge in [0.15, 0.2) is 11.6 Å². The van der Waals surface area contributed by atoms with Crippen molar-refractivity contribution in [3.05, 3.63) is 11.8 Å². The zero-order valence-electron chi connectivity index (χ0n) is 12.2. The van der Waals surface area contributed by atoms with Crippen molar-refractivity contribution in [2.75, 3.05) is 25.1 Å². The third-order valence-corrected chi connectivity index (χ3v) is 3.73. The fraction of sp³-hybridized carbons (Fsp3) is 0.714. The molecule has 6 nitrogen and oxygen atoms in total. The summed E-state index contributed by atoms with van der Waals surface area (Å²) in [5.41, 5.74) is 0. The molecule has 0 bridgehead atoms. The highest BCUT2D eigenvalue weighted by molar-refractivity contribution is 5.77. The van der Waals surface area contributed by atoms with Crippen LogP contribution in [0.25, 0.3) is 0 Å². The number of aliphatic hydroxyl groups excluding tert-OH is 1. The minimum Gasteiger partial charge on any atom is -0.468 e. The average molecular weight is 282 g/mol. The molecule has 0 radical (unpaired) electrons. The van der Waals surface area contributed by atoms with Gasteiger partial charge in [0.1, 0.15) is 5.92 Å². The first-order valence-electron chi connectivity index (χ1n) is 7.00. The molecule has 1 atom stereocenters. The number of aromatic nitrogens is 1. The molecule has 2 rings (SSSR count). The number of hydrogen-bond acceptors (Lipinski definition) is 6. The van der Waals surface area contributed by atoms with E-state index in [1.54, 1.807) is 6.07 Å². The van der Waals surface area contributed by atoms with Crippen LogP contribution in [0.3, 0.4) is 0 Å². The number of rotatable bonds is 4. The lowest BCUT2D eigenvalue weighted by atomic mass is 9.93. The highest BCUT2D eigenvalue weighted by atomic mass is 16.5. The summed E-state index contributed by atoms with van der Waals surface area (Å²) in [6, 6.07) is 1.80. The van der Waals surface area contributed by atoms with E-state index in [0.29, 0.717) is 5.76 Å². The highest BCUT2D eigenvalue weighted by Crippen LogP contribution is 2.29. The van der Waals surface area contributed by atoms with Crippen LogP contribution in [0.5, 0.6) is 0 Å². The number of methoxy groups -OCH3 is 1. The second-order valence-electron chi connectivity index (χ2n) is 5.55. The molecule has 0 aromatic carbocycles. The van der Waals surface area contributed by atoms with Crippen LogP contribution in [0, 0.1) is 5.92 Å². The Bertz CT molecular complexity index is 450. The normalized spacial score (nSPS) is 18.4. The second kappa shape index (κ2) is 6.26. The molecule has 2 heterocycles. The van der Waals surface area contributed by atoms with Crippen molar-refractivity contribution in [1.82, 2.24) is 5.16 Å². The fourth-order valence-electron chi connectivity index (χ4n) is 2.51. The van der Waals surface area contributed by atoms with E-state index in [1.807, 2.05) is 13.8 Å². The molecular formula is C14H22N2O4. The average Bonchev–Trinajstić information content (AvgIpc) is 2.88. The Morgan fingerprint density at radius 2 is 2.15 bits per heavy atom. The first-order chi connectivity index (χ1) is 9.52. The van der Waals surface area contributed by atoms with Crippen molar-refractivity contribution in [1.29, 1.82) is 0 Å². The highest BCUT2D eigenvalue weighted by Gasteiger charge is 2.30. The van der Waals surface area contributed by atoms with Crippen LogP contribution < -0.4 is 4.90 Å². The van der Waals surface area contributed by atoms with Crippen LogP contribution in [-0.2, 0) is 9.53 Å². The van der Waals surface area contributed by atoms with Crippen LogP contribution in [0.1, 0.15) is 38.4 Å². The van der Waals surface area contributed by atoms with Crippen LogP contribution in [0.2, 0.25) is 0 Å². The van der Waals surface area contributed by atoms with E-state index in [-0.39, 0.29) is 18.0 Å². The van der Waals surface area contributed by atoms with E-state index in [1.165, 1.54) is 7.11 Å². The first-order valence-corrected chi connectivity index (χ1v) is 7.00. The van der Waals surface area contributed by atoms with Crippen molar-refractivity contribution >= 4 is 11.8 Å². The summed E-state index contributed by atoms with van der Waals surface area (Å²) in [5, 5.41) is 13.6. The summed E-state index contributed by atoms with van der Waals surface area (Å²) in [6.07, 6.45) is 1.23. The molecule has 1 aromatic rings. The molecule has 1 saturated heterocycles. The summed E-state index contributed by atoms with van der Waals surface area (Å²) in [6.45, 7) is 5.39. The van der Waals surface area contributed by atoms with E-state index >= 15 is 0 Å². The lowest BCUT2D eigenvalue weighted by Gasteiger charge is -2.28. The second-order valence-corrected chi connectivity index (χ2v) is 5.55. The van der Waals surface area contributed by atoms with Crippen LogP contribution >= 0.6 is 0 Å². The SMILES string of the molecule is COC(=O)C(c1cc(N2CCC(O)CC2)no1)C(C)C. The molecular weight excluding hydrogens is 260 g/mol. The van der Waals surface area contributed by atoms with Crippen LogP contribution in [0.4, 0.5) is 5.82 Å². The topological polar surface area (TPSA) is 75.8 Å². The maximum absolute atomic E-state index is 11.8. The molecule has 0 spiro atoms. The van der Waals surface area contributed by atoms with Crippen molar-refractivity contribution < 1.29 is 19.2 Å². The van der Waals surface area contributed by atoms with Gasteiger partial charge in [-0.2, -0.15) is 0 Å². The lowest BCUT2D eigenvalue weighted by Crippen LogP contribution is -2.35. The largest absolute Gasteiger partial charge is 0.468 e. The number of esters is 1. The van der Waals surface area contributed by atoms with E-state index in [2.05, 4.69) is 10.1 Å². The number of anilines is 1. The van der Waals surface area contributed by atoms with E-state index in [4.69, 9.17) is 9.26 Å². The van der Waals surface area contributed by atoms with Crippen molar-refractivity contribution in [3.8, 4) is 0 Å². The minimum atomic E-state index is -0.434. The predicted molar refractivity (Wildman–Crippen MR) is 73.6 cm³/mol. The maximum Gasteiger partial charge on any atom is 0.316 e. The number of nitrogens with zero attached hydrogens (tertiary/aromatic N) is 2. The molecule has 0 aliphatic carbocycles. The monoisotopic (exact) mass is 282 g/mol. The van der Waals surface area contributed by atoms with E-state index < -0.39 is 5.92 Å². The van der Waals surface area contributed by atoms with Gasteiger partial charge < -0.3 is 19.3 Å². The van der Waals surface area contributed by atoms with E-state index in [0.717, 1.165) is 31.7 Å². The third kappa shape index (κ3) is 3.12. The van der Waals surface area contributed by atoms with Gasteiger partial charge in [-0.25, -0.2) is 0 Å². The van der Waals surface area contributed by atoms with Gasteiger partial charge in [0.2, 0.25) is 0 Å². The minimum absolute atomic E-state index is 0.0754. The van der Waals surface area contributed by atoms with Gasteiger partial charge in [-0.15, -0.1) is 0 Å². The standard InChI is InChI=1S/C14H22N2O4/c1-9(2)13(14(18)19-3)11-8-12(15-20-11)16-6-4-10(17)5-7-16/h8-10,13,17H,4-7H2,1-3H3. The quantitative estimate of drug-likeness (QED) is 0.844. The number of carbonyl (C=O) groups excluding carboxylic acids is 1. The summed E-state index contributed by atoms with van der Waals surface area (Å²) in [5.74, 6) is 0.592. The van der Waals surface area contributed by atoms with Gasteiger partial charge in [0.25, 0.3) is 0 Å². The van der Waals surface area contributed by atoms with Crippen molar-refractivity contribution in [2.45, 2.75) is 38.7 Å². The summed E-state index contributed by atoms with van der Waals surface area (Å²) < 4.78 is 10.2. The summed E-state index contributed by atoms with van der Waals surface area (Å²) in [4.78, 5) is 13.9. The van der Waals surface area contributed by atoms with Gasteiger partial charge in [-0.05, 0) is 18.8 Å². The number of carbonyl (C=O) groups is 1.